The molecule has 0 radical (unpaired) electrons. The predicted octanol–water partition coefficient (Wildman–Crippen LogP) is 1.87. The van der Waals surface area contributed by atoms with E-state index in [0.717, 1.165) is 22.0 Å². The fourth-order valence-electron chi connectivity index (χ4n) is 6.28. The lowest BCUT2D eigenvalue weighted by molar-refractivity contribution is -0.154. The number of aromatic nitrogens is 1. The van der Waals surface area contributed by atoms with Crippen molar-refractivity contribution in [3.63, 3.8) is 0 Å². The number of nitrogens with one attached hydrogen (secondary N) is 1. The van der Waals surface area contributed by atoms with Gasteiger partial charge in [-0.25, -0.2) is 0 Å². The molecule has 3 aromatic rings. The number of para-hydroxylation sites is 2. The second kappa shape index (κ2) is 5.75. The van der Waals surface area contributed by atoms with Gasteiger partial charge in [-0.1, -0.05) is 48.2 Å². The zero-order chi connectivity index (χ0) is 22.0. The standard InChI is InChI=1S/C22H18N4O4S2/c1-24-18-17(27)25-19-21(11-22(25,31-18)20(24)28,14-10-23-15-8-4-2-6-12(14)15)13-7-3-5-9-16(13)26(19)32(29)30/h2-10,18-19,23H,11H2,1H3,(H,29,30)/p-1/t18-,19-,21+,22-/m0/s1. The zero-order valence-corrected chi connectivity index (χ0v) is 18.5. The molecule has 2 bridgehead atoms. The molecule has 8 nitrogen and oxygen atoms in total. The summed E-state index contributed by atoms with van der Waals surface area (Å²) in [5.74, 6) is -0.359. The molecule has 4 aliphatic rings. The Morgan fingerprint density at radius 1 is 1.12 bits per heavy atom. The Balaban J connectivity index is 1.59. The van der Waals surface area contributed by atoms with Gasteiger partial charge in [-0.05, 0) is 23.3 Å². The van der Waals surface area contributed by atoms with Crippen LogP contribution in [0.25, 0.3) is 10.9 Å². The van der Waals surface area contributed by atoms with Gasteiger partial charge in [0.05, 0.1) is 11.1 Å². The highest BCUT2D eigenvalue weighted by atomic mass is 32.2. The number of anilines is 1. The van der Waals surface area contributed by atoms with E-state index >= 15 is 0 Å². The van der Waals surface area contributed by atoms with Crippen molar-refractivity contribution >= 4 is 51.4 Å². The summed E-state index contributed by atoms with van der Waals surface area (Å²) in [5, 5.41) is 0.338. The fraction of sp³-hybridized carbons (Fsp3) is 0.273. The lowest BCUT2D eigenvalue weighted by Gasteiger charge is -2.41. The summed E-state index contributed by atoms with van der Waals surface area (Å²) in [6.45, 7) is 0. The molecule has 1 aromatic heterocycles. The normalized spacial score (nSPS) is 33.2. The van der Waals surface area contributed by atoms with E-state index in [0.29, 0.717) is 12.1 Å². The van der Waals surface area contributed by atoms with Crippen molar-refractivity contribution in [3.05, 3.63) is 65.9 Å². The van der Waals surface area contributed by atoms with Crippen LogP contribution in [0.5, 0.6) is 0 Å². The third-order valence-electron chi connectivity index (χ3n) is 7.43. The van der Waals surface area contributed by atoms with Crippen molar-refractivity contribution in [1.82, 2.24) is 14.8 Å². The van der Waals surface area contributed by atoms with Crippen LogP contribution in [-0.2, 0) is 26.3 Å². The average molecular weight is 466 g/mol. The van der Waals surface area contributed by atoms with E-state index < -0.39 is 33.1 Å². The van der Waals surface area contributed by atoms with Gasteiger partial charge in [0.15, 0.2) is 10.2 Å². The highest BCUT2D eigenvalue weighted by Gasteiger charge is 2.79. The van der Waals surface area contributed by atoms with Crippen LogP contribution in [0.1, 0.15) is 17.5 Å². The van der Waals surface area contributed by atoms with Crippen LogP contribution in [0.4, 0.5) is 5.69 Å². The molecule has 32 heavy (non-hydrogen) atoms. The number of hydrogen-bond donors (Lipinski definition) is 1. The van der Waals surface area contributed by atoms with Crippen LogP contribution < -0.4 is 4.31 Å². The second-order valence-corrected chi connectivity index (χ2v) is 10.9. The summed E-state index contributed by atoms with van der Waals surface area (Å²) < 4.78 is 26.5. The van der Waals surface area contributed by atoms with Gasteiger partial charge in [0.1, 0.15) is 6.17 Å². The molecule has 3 fully saturated rings. The van der Waals surface area contributed by atoms with E-state index in [1.165, 1.54) is 21.0 Å². The van der Waals surface area contributed by atoms with Gasteiger partial charge < -0.3 is 14.4 Å². The van der Waals surface area contributed by atoms with E-state index in [1.807, 2.05) is 42.6 Å². The van der Waals surface area contributed by atoms with Crippen LogP contribution >= 0.6 is 11.8 Å². The molecule has 1 N–H and O–H groups in total. The lowest BCUT2D eigenvalue weighted by atomic mass is 9.72. The van der Waals surface area contributed by atoms with Gasteiger partial charge in [0, 0.05) is 41.8 Å². The number of amides is 2. The van der Waals surface area contributed by atoms with E-state index in [4.69, 9.17) is 0 Å². The average Bonchev–Trinajstić information content (AvgIpc) is 3.52. The van der Waals surface area contributed by atoms with E-state index in [1.54, 1.807) is 24.1 Å². The predicted molar refractivity (Wildman–Crippen MR) is 119 cm³/mol. The summed E-state index contributed by atoms with van der Waals surface area (Å²) >= 11 is -1.30. The number of aromatic amines is 1. The Morgan fingerprint density at radius 3 is 2.69 bits per heavy atom. The first-order chi connectivity index (χ1) is 15.4. The largest absolute Gasteiger partial charge is 0.755 e. The van der Waals surface area contributed by atoms with Crippen LogP contribution in [0.2, 0.25) is 0 Å². The number of H-pyrrole nitrogens is 1. The number of likely N-dealkylation sites (N-methyl/N-ethyl adjacent to an activating group) is 1. The number of nitrogens with zero attached hydrogens (tertiary/aromatic N) is 3. The Morgan fingerprint density at radius 2 is 1.88 bits per heavy atom. The first-order valence-corrected chi connectivity index (χ1v) is 12.2. The molecule has 4 aliphatic heterocycles. The highest BCUT2D eigenvalue weighted by Crippen LogP contribution is 2.68. The molecule has 0 saturated carbocycles. The van der Waals surface area contributed by atoms with E-state index in [9.17, 15) is 18.4 Å². The first kappa shape index (κ1) is 18.7. The molecular weight excluding hydrogens is 448 g/mol. The number of benzene rings is 2. The minimum atomic E-state index is -2.64. The van der Waals surface area contributed by atoms with Gasteiger partial charge in [-0.2, -0.15) is 0 Å². The van der Waals surface area contributed by atoms with Crippen molar-refractivity contribution < 1.29 is 18.4 Å². The smallest absolute Gasteiger partial charge is 0.260 e. The summed E-state index contributed by atoms with van der Waals surface area (Å²) in [7, 11) is 1.65. The molecule has 5 heterocycles. The van der Waals surface area contributed by atoms with E-state index in [-0.39, 0.29) is 11.8 Å². The van der Waals surface area contributed by atoms with Gasteiger partial charge >= 0.3 is 0 Å². The highest BCUT2D eigenvalue weighted by molar-refractivity contribution is 8.03. The van der Waals surface area contributed by atoms with Crippen LogP contribution in [0, 0.1) is 0 Å². The molecule has 2 amide bonds. The van der Waals surface area contributed by atoms with Crippen molar-refractivity contribution in [1.29, 1.82) is 0 Å². The summed E-state index contributed by atoms with van der Waals surface area (Å²) in [6.07, 6.45) is 1.37. The van der Waals surface area contributed by atoms with Crippen LogP contribution in [0.15, 0.2) is 54.7 Å². The van der Waals surface area contributed by atoms with E-state index in [2.05, 4.69) is 4.98 Å². The monoisotopic (exact) mass is 465 g/mol. The third-order valence-corrected chi connectivity index (χ3v) is 9.79. The maximum Gasteiger partial charge on any atom is 0.260 e. The number of rotatable bonds is 2. The molecule has 1 spiro atoms. The van der Waals surface area contributed by atoms with Crippen LogP contribution in [0.3, 0.4) is 0 Å². The number of thioether (sulfide) groups is 1. The first-order valence-electron chi connectivity index (χ1n) is 10.2. The molecular formula is C22H17N4O4S2-. The summed E-state index contributed by atoms with van der Waals surface area (Å²) in [6, 6.07) is 15.2. The number of piperazine rings is 1. The van der Waals surface area contributed by atoms with Crippen LogP contribution in [-0.4, -0.2) is 58.8 Å². The van der Waals surface area contributed by atoms with Gasteiger partial charge in [0.25, 0.3) is 11.8 Å². The molecule has 10 heteroatoms. The van der Waals surface area contributed by atoms with Gasteiger partial charge in [-0.15, -0.1) is 0 Å². The molecule has 1 unspecified atom stereocenters. The minimum absolute atomic E-state index is 0.144. The Kier molecular flexibility index (Phi) is 3.36. The number of carbonyl (C=O) groups is 2. The topological polar surface area (TPSA) is 99.8 Å². The Bertz CT molecular complexity index is 1390. The minimum Gasteiger partial charge on any atom is -0.755 e. The maximum atomic E-state index is 13.5. The summed E-state index contributed by atoms with van der Waals surface area (Å²) in [5.41, 5.74) is 2.30. The molecule has 3 saturated heterocycles. The SMILES string of the molecule is CN1C(=O)[C@@]23C[C@]4(c5c[nH]c6ccccc56)c5ccccc5N(S(=O)[O-])[C@@H]4N2C(=O)[C@@H]1S3. The maximum absolute atomic E-state index is 13.5. The Labute approximate surface area is 190 Å². The molecule has 162 valence electrons. The number of carbonyl (C=O) groups excluding carboxylic acids is 2. The number of hydrogen-bond acceptors (Lipinski definition) is 5. The molecule has 0 aliphatic carbocycles. The van der Waals surface area contributed by atoms with Gasteiger partial charge in [-0.3, -0.25) is 23.0 Å². The van der Waals surface area contributed by atoms with Gasteiger partial charge in [0.2, 0.25) is 0 Å². The number of fused-ring (bicyclic) bond motifs is 6. The van der Waals surface area contributed by atoms with Crippen molar-refractivity contribution in [3.8, 4) is 0 Å². The quantitative estimate of drug-likeness (QED) is 0.583. The van der Waals surface area contributed by atoms with Crippen molar-refractivity contribution in [2.24, 2.45) is 0 Å². The lowest BCUT2D eigenvalue weighted by Crippen LogP contribution is -2.62. The molecule has 5 atom stereocenters. The second-order valence-electron chi connectivity index (χ2n) is 8.71. The van der Waals surface area contributed by atoms with Crippen molar-refractivity contribution in [2.45, 2.75) is 28.2 Å². The Hall–Kier alpha value is -2.82. The molecule has 7 rings (SSSR count). The summed E-state index contributed by atoms with van der Waals surface area (Å²) in [4.78, 5) is 32.2. The zero-order valence-electron chi connectivity index (χ0n) is 16.8. The third kappa shape index (κ3) is 1.82. The van der Waals surface area contributed by atoms with Crippen molar-refractivity contribution in [2.75, 3.05) is 11.4 Å². The fourth-order valence-corrected chi connectivity index (χ4v) is 8.73. The molecule has 2 aromatic carbocycles.